The second-order valence-corrected chi connectivity index (χ2v) is 8.50. The third-order valence-electron chi connectivity index (χ3n) is 4.53. The Balaban J connectivity index is 1.75. The van der Waals surface area contributed by atoms with Gasteiger partial charge in [0.2, 0.25) is 5.55 Å². The summed E-state index contributed by atoms with van der Waals surface area (Å²) in [6.45, 7) is 1.86. The largest absolute Gasteiger partial charge is 0.436 e. The smallest absolute Gasteiger partial charge is 0.276 e. The molecule has 4 aromatic rings. The van der Waals surface area contributed by atoms with Crippen molar-refractivity contribution in [3.8, 4) is 0 Å². The zero-order valence-corrected chi connectivity index (χ0v) is 17.4. The maximum atomic E-state index is 12.9. The van der Waals surface area contributed by atoms with E-state index in [1.54, 1.807) is 60.7 Å². The first kappa shape index (κ1) is 20.4. The molecule has 3 aromatic carbocycles. The molecular formula is C23H19N3O4S. The molecule has 1 heterocycles. The number of benzene rings is 3. The van der Waals surface area contributed by atoms with E-state index >= 15 is 0 Å². The average molecular weight is 433 g/mol. The van der Waals surface area contributed by atoms with Crippen molar-refractivity contribution in [2.75, 3.05) is 5.32 Å². The monoisotopic (exact) mass is 433 g/mol. The number of hydrogen-bond acceptors (Lipinski definition) is 5. The molecule has 0 aliphatic rings. The van der Waals surface area contributed by atoms with Crippen molar-refractivity contribution in [2.24, 2.45) is 5.10 Å². The predicted octanol–water partition coefficient (Wildman–Crippen LogP) is 3.79. The Labute approximate surface area is 179 Å². The number of carbonyl (C=O) groups is 1. The molecule has 0 fully saturated rings. The number of rotatable bonds is 5. The van der Waals surface area contributed by atoms with Gasteiger partial charge in [-0.05, 0) is 43.3 Å². The second-order valence-electron chi connectivity index (χ2n) is 6.84. The highest BCUT2D eigenvalue weighted by atomic mass is 32.2. The number of carbonyl (C=O) groups excluding carboxylic acids is 1. The van der Waals surface area contributed by atoms with Crippen LogP contribution in [0.5, 0.6) is 0 Å². The van der Waals surface area contributed by atoms with Gasteiger partial charge in [0.1, 0.15) is 11.1 Å². The summed E-state index contributed by atoms with van der Waals surface area (Å²) in [7, 11) is -3.94. The Hall–Kier alpha value is -3.91. The van der Waals surface area contributed by atoms with Crippen molar-refractivity contribution < 1.29 is 17.6 Å². The number of anilines is 1. The topological polar surface area (TPSA) is 101 Å². The number of para-hydroxylation sites is 2. The minimum absolute atomic E-state index is 0.0536. The predicted molar refractivity (Wildman–Crippen MR) is 118 cm³/mol. The van der Waals surface area contributed by atoms with Crippen LogP contribution in [0.1, 0.15) is 15.9 Å². The van der Waals surface area contributed by atoms with E-state index < -0.39 is 15.9 Å². The van der Waals surface area contributed by atoms with Gasteiger partial charge in [-0.2, -0.15) is 13.2 Å². The molecule has 8 heteroatoms. The van der Waals surface area contributed by atoms with E-state index in [0.717, 1.165) is 5.56 Å². The van der Waals surface area contributed by atoms with Gasteiger partial charge in [0.15, 0.2) is 0 Å². The van der Waals surface area contributed by atoms with Crippen molar-refractivity contribution in [3.63, 3.8) is 0 Å². The highest BCUT2D eigenvalue weighted by molar-refractivity contribution is 7.89. The number of fused-ring (bicyclic) bond motifs is 1. The van der Waals surface area contributed by atoms with Crippen LogP contribution < -0.4 is 15.7 Å². The molecule has 0 atom stereocenters. The fourth-order valence-corrected chi connectivity index (χ4v) is 3.71. The quantitative estimate of drug-likeness (QED) is 0.468. The lowest BCUT2D eigenvalue weighted by Crippen LogP contribution is -2.27. The van der Waals surface area contributed by atoms with Gasteiger partial charge in [0, 0.05) is 11.1 Å². The van der Waals surface area contributed by atoms with E-state index in [0.29, 0.717) is 16.7 Å². The molecule has 0 spiro atoms. The SMILES string of the molecule is Cc1ccc(S(=O)(=O)N/N=c2\oc3ccccc3cc2C(=O)Nc2ccccc2)cc1. The molecule has 0 saturated heterocycles. The van der Waals surface area contributed by atoms with Crippen LogP contribution >= 0.6 is 0 Å². The summed E-state index contributed by atoms with van der Waals surface area (Å²) in [5, 5.41) is 7.37. The van der Waals surface area contributed by atoms with E-state index in [1.165, 1.54) is 12.1 Å². The zero-order chi connectivity index (χ0) is 21.8. The van der Waals surface area contributed by atoms with Crippen LogP contribution in [0.15, 0.2) is 99.3 Å². The van der Waals surface area contributed by atoms with Crippen LogP contribution in [-0.2, 0) is 10.0 Å². The molecule has 0 radical (unpaired) electrons. The molecule has 1 aromatic heterocycles. The van der Waals surface area contributed by atoms with Crippen LogP contribution in [0.25, 0.3) is 11.0 Å². The lowest BCUT2D eigenvalue weighted by atomic mass is 10.1. The summed E-state index contributed by atoms with van der Waals surface area (Å²) >= 11 is 0. The minimum Gasteiger partial charge on any atom is -0.436 e. The number of amides is 1. The molecule has 4 rings (SSSR count). The first-order valence-electron chi connectivity index (χ1n) is 9.44. The second kappa shape index (κ2) is 8.45. The van der Waals surface area contributed by atoms with Crippen LogP contribution in [0, 0.1) is 6.92 Å². The fraction of sp³-hybridized carbons (Fsp3) is 0.0435. The van der Waals surface area contributed by atoms with Crippen molar-refractivity contribution in [1.29, 1.82) is 0 Å². The number of nitrogens with one attached hydrogen (secondary N) is 2. The Morgan fingerprint density at radius 3 is 2.32 bits per heavy atom. The summed E-state index contributed by atoms with van der Waals surface area (Å²) in [4.78, 5) is 15.1. The van der Waals surface area contributed by atoms with E-state index in [-0.39, 0.29) is 16.0 Å². The summed E-state index contributed by atoms with van der Waals surface area (Å²) in [6, 6.07) is 23.9. The third kappa shape index (κ3) is 4.65. The van der Waals surface area contributed by atoms with Crippen molar-refractivity contribution >= 4 is 32.6 Å². The Morgan fingerprint density at radius 1 is 0.903 bits per heavy atom. The maximum absolute atomic E-state index is 12.9. The third-order valence-corrected chi connectivity index (χ3v) is 5.76. The van der Waals surface area contributed by atoms with Gasteiger partial charge >= 0.3 is 0 Å². The molecule has 156 valence electrons. The van der Waals surface area contributed by atoms with Crippen LogP contribution in [0.2, 0.25) is 0 Å². The van der Waals surface area contributed by atoms with Crippen LogP contribution in [0.3, 0.4) is 0 Å². The first-order chi connectivity index (χ1) is 14.9. The van der Waals surface area contributed by atoms with E-state index in [2.05, 4.69) is 15.2 Å². The van der Waals surface area contributed by atoms with E-state index in [1.807, 2.05) is 19.1 Å². The maximum Gasteiger partial charge on any atom is 0.276 e. The molecule has 1 amide bonds. The molecule has 0 saturated carbocycles. The number of aryl methyl sites for hydroxylation is 1. The van der Waals surface area contributed by atoms with Crippen molar-refractivity contribution in [3.05, 3.63) is 102 Å². The lowest BCUT2D eigenvalue weighted by Gasteiger charge is -2.07. The highest BCUT2D eigenvalue weighted by Crippen LogP contribution is 2.15. The van der Waals surface area contributed by atoms with Gasteiger partial charge in [-0.15, -0.1) is 5.10 Å². The standard InChI is InChI=1S/C23H19N3O4S/c1-16-11-13-19(14-12-16)31(28,29)26-25-23-20(15-17-7-5-6-10-21(17)30-23)22(27)24-18-8-3-2-4-9-18/h2-15,26H,1H3,(H,24,27)/b25-23-. The molecule has 0 aliphatic heterocycles. The van der Waals surface area contributed by atoms with Gasteiger partial charge in [-0.3, -0.25) is 4.79 Å². The van der Waals surface area contributed by atoms with Gasteiger partial charge in [0.05, 0.1) is 4.90 Å². The highest BCUT2D eigenvalue weighted by Gasteiger charge is 2.16. The summed E-state index contributed by atoms with van der Waals surface area (Å²) in [6.07, 6.45) is 0. The summed E-state index contributed by atoms with van der Waals surface area (Å²) in [5.41, 5.74) is 1.93. The van der Waals surface area contributed by atoms with Gasteiger partial charge < -0.3 is 9.73 Å². The Kier molecular flexibility index (Phi) is 5.55. The molecule has 0 bridgehead atoms. The fourth-order valence-electron chi connectivity index (χ4n) is 2.91. The molecule has 0 aliphatic carbocycles. The number of nitrogens with zero attached hydrogens (tertiary/aromatic N) is 1. The van der Waals surface area contributed by atoms with E-state index in [4.69, 9.17) is 4.42 Å². The number of sulfonamides is 1. The molecular weight excluding hydrogens is 414 g/mol. The first-order valence-corrected chi connectivity index (χ1v) is 10.9. The summed E-state index contributed by atoms with van der Waals surface area (Å²) < 4.78 is 31.0. The molecule has 31 heavy (non-hydrogen) atoms. The van der Waals surface area contributed by atoms with E-state index in [9.17, 15) is 13.2 Å². The van der Waals surface area contributed by atoms with Crippen LogP contribution in [0.4, 0.5) is 5.69 Å². The van der Waals surface area contributed by atoms with Crippen LogP contribution in [-0.4, -0.2) is 14.3 Å². The summed E-state index contributed by atoms with van der Waals surface area (Å²) in [5.74, 6) is -0.478. The molecule has 7 nitrogen and oxygen atoms in total. The van der Waals surface area contributed by atoms with Crippen molar-refractivity contribution in [2.45, 2.75) is 11.8 Å². The lowest BCUT2D eigenvalue weighted by molar-refractivity contribution is 0.102. The zero-order valence-electron chi connectivity index (χ0n) is 16.6. The normalized spacial score (nSPS) is 12.0. The molecule has 0 unspecified atom stereocenters. The minimum atomic E-state index is -3.94. The van der Waals surface area contributed by atoms with Crippen molar-refractivity contribution in [1.82, 2.24) is 4.83 Å². The molecule has 2 N–H and O–H groups in total. The van der Waals surface area contributed by atoms with Gasteiger partial charge in [0.25, 0.3) is 15.9 Å². The Bertz CT molecular complexity index is 1410. The number of hydrogen-bond donors (Lipinski definition) is 2. The van der Waals surface area contributed by atoms with Gasteiger partial charge in [-0.1, -0.05) is 54.1 Å². The Morgan fingerprint density at radius 2 is 1.58 bits per heavy atom. The van der Waals surface area contributed by atoms with Gasteiger partial charge in [-0.25, -0.2) is 0 Å². The average Bonchev–Trinajstić information content (AvgIpc) is 2.78.